The number of H-pyrrole nitrogens is 1. The van der Waals surface area contributed by atoms with Gasteiger partial charge in [0.1, 0.15) is 11.5 Å². The summed E-state index contributed by atoms with van der Waals surface area (Å²) in [6.07, 6.45) is 1.63. The van der Waals surface area contributed by atoms with E-state index in [0.29, 0.717) is 29.6 Å². The second-order valence-corrected chi connectivity index (χ2v) is 3.51. The van der Waals surface area contributed by atoms with Crippen LogP contribution in [0, 0.1) is 6.92 Å². The highest BCUT2D eigenvalue weighted by Crippen LogP contribution is 2.09. The van der Waals surface area contributed by atoms with Crippen LogP contribution in [-0.4, -0.2) is 27.0 Å². The number of rotatable bonds is 3. The van der Waals surface area contributed by atoms with Crippen LogP contribution in [0.25, 0.3) is 11.5 Å². The zero-order valence-electron chi connectivity index (χ0n) is 9.60. The third-order valence-corrected chi connectivity index (χ3v) is 2.11. The van der Waals surface area contributed by atoms with E-state index in [0.717, 1.165) is 0 Å². The summed E-state index contributed by atoms with van der Waals surface area (Å²) in [6.45, 7) is 2.07. The van der Waals surface area contributed by atoms with E-state index in [2.05, 4.69) is 19.9 Å². The van der Waals surface area contributed by atoms with Gasteiger partial charge in [0.15, 0.2) is 5.82 Å². The Hall–Kier alpha value is -2.08. The zero-order valence-corrected chi connectivity index (χ0v) is 9.60. The van der Waals surface area contributed by atoms with E-state index in [1.807, 2.05) is 0 Å². The fourth-order valence-corrected chi connectivity index (χ4v) is 1.44. The van der Waals surface area contributed by atoms with E-state index in [1.165, 1.54) is 6.07 Å². The molecule has 0 aliphatic carbocycles. The van der Waals surface area contributed by atoms with Gasteiger partial charge in [-0.05, 0) is 13.0 Å². The van der Waals surface area contributed by atoms with Crippen molar-refractivity contribution >= 4 is 0 Å². The SMILES string of the molecule is COCc1cc(=O)[nH]c(-c2ccnc(C)n2)n1. The van der Waals surface area contributed by atoms with Gasteiger partial charge in [0.25, 0.3) is 5.56 Å². The van der Waals surface area contributed by atoms with Gasteiger partial charge in [0.05, 0.1) is 12.3 Å². The van der Waals surface area contributed by atoms with Gasteiger partial charge in [-0.1, -0.05) is 0 Å². The summed E-state index contributed by atoms with van der Waals surface area (Å²) >= 11 is 0. The second kappa shape index (κ2) is 4.84. The molecule has 2 heterocycles. The van der Waals surface area contributed by atoms with Crippen LogP contribution in [0.1, 0.15) is 11.5 Å². The van der Waals surface area contributed by atoms with Gasteiger partial charge in [-0.25, -0.2) is 15.0 Å². The van der Waals surface area contributed by atoms with Gasteiger partial charge in [-0.2, -0.15) is 0 Å². The summed E-state index contributed by atoms with van der Waals surface area (Å²) in [7, 11) is 1.55. The molecule has 0 aromatic carbocycles. The first-order chi connectivity index (χ1) is 8.19. The molecule has 0 spiro atoms. The van der Waals surface area contributed by atoms with Crippen molar-refractivity contribution in [2.24, 2.45) is 0 Å². The average molecular weight is 232 g/mol. The van der Waals surface area contributed by atoms with Crippen molar-refractivity contribution in [1.82, 2.24) is 19.9 Å². The predicted octanol–water partition coefficient (Wildman–Crippen LogP) is 0.682. The first-order valence-electron chi connectivity index (χ1n) is 5.08. The highest BCUT2D eigenvalue weighted by Gasteiger charge is 2.05. The van der Waals surface area contributed by atoms with Gasteiger partial charge >= 0.3 is 0 Å². The van der Waals surface area contributed by atoms with Crippen LogP contribution in [0.4, 0.5) is 0 Å². The van der Waals surface area contributed by atoms with Crippen molar-refractivity contribution in [3.63, 3.8) is 0 Å². The summed E-state index contributed by atoms with van der Waals surface area (Å²) in [5.41, 5.74) is 0.938. The number of aryl methyl sites for hydroxylation is 1. The summed E-state index contributed by atoms with van der Waals surface area (Å²) in [4.78, 5) is 26.5. The molecular formula is C11H12N4O2. The molecule has 0 bridgehead atoms. The van der Waals surface area contributed by atoms with E-state index in [4.69, 9.17) is 4.74 Å². The van der Waals surface area contributed by atoms with Crippen molar-refractivity contribution in [3.8, 4) is 11.5 Å². The molecule has 0 saturated carbocycles. The molecule has 6 nitrogen and oxygen atoms in total. The zero-order chi connectivity index (χ0) is 12.3. The van der Waals surface area contributed by atoms with Crippen LogP contribution < -0.4 is 5.56 Å². The topological polar surface area (TPSA) is 80.8 Å². The lowest BCUT2D eigenvalue weighted by Crippen LogP contribution is -2.11. The molecule has 0 atom stereocenters. The standard InChI is InChI=1S/C11H12N4O2/c1-7-12-4-3-9(13-7)11-14-8(6-17-2)5-10(16)15-11/h3-5H,6H2,1-2H3,(H,14,15,16). The van der Waals surface area contributed by atoms with E-state index in [-0.39, 0.29) is 5.56 Å². The predicted molar refractivity (Wildman–Crippen MR) is 61.3 cm³/mol. The van der Waals surface area contributed by atoms with E-state index >= 15 is 0 Å². The van der Waals surface area contributed by atoms with Gasteiger partial charge in [0.2, 0.25) is 0 Å². The number of nitrogens with zero attached hydrogens (tertiary/aromatic N) is 3. The third-order valence-electron chi connectivity index (χ3n) is 2.11. The molecule has 0 fully saturated rings. The summed E-state index contributed by atoms with van der Waals surface area (Å²) in [5, 5.41) is 0. The van der Waals surface area contributed by atoms with E-state index in [9.17, 15) is 4.79 Å². The Labute approximate surface area is 97.7 Å². The maximum Gasteiger partial charge on any atom is 0.251 e. The summed E-state index contributed by atoms with van der Waals surface area (Å²) in [5.74, 6) is 1.05. The second-order valence-electron chi connectivity index (χ2n) is 3.51. The monoisotopic (exact) mass is 232 g/mol. The minimum absolute atomic E-state index is 0.224. The quantitative estimate of drug-likeness (QED) is 0.841. The molecule has 2 aromatic heterocycles. The third kappa shape index (κ3) is 2.73. The van der Waals surface area contributed by atoms with E-state index < -0.39 is 0 Å². The van der Waals surface area contributed by atoms with Crippen LogP contribution in [0.2, 0.25) is 0 Å². The summed E-state index contributed by atoms with van der Waals surface area (Å²) < 4.78 is 4.95. The van der Waals surface area contributed by atoms with Crippen molar-refractivity contribution in [1.29, 1.82) is 0 Å². The maximum atomic E-state index is 11.4. The molecule has 0 radical (unpaired) electrons. The smallest absolute Gasteiger partial charge is 0.251 e. The van der Waals surface area contributed by atoms with Crippen LogP contribution in [-0.2, 0) is 11.3 Å². The van der Waals surface area contributed by atoms with Gasteiger partial charge in [-0.15, -0.1) is 0 Å². The molecular weight excluding hydrogens is 220 g/mol. The normalized spacial score (nSPS) is 10.5. The molecule has 0 aliphatic heterocycles. The van der Waals surface area contributed by atoms with Crippen LogP contribution in [0.15, 0.2) is 23.1 Å². The van der Waals surface area contributed by atoms with Crippen molar-refractivity contribution < 1.29 is 4.74 Å². The van der Waals surface area contributed by atoms with Crippen molar-refractivity contribution in [3.05, 3.63) is 40.2 Å². The molecule has 0 amide bonds. The molecule has 88 valence electrons. The molecule has 0 unspecified atom stereocenters. The Morgan fingerprint density at radius 1 is 1.41 bits per heavy atom. The lowest BCUT2D eigenvalue weighted by atomic mass is 10.3. The van der Waals surface area contributed by atoms with Gasteiger partial charge in [0, 0.05) is 19.4 Å². The van der Waals surface area contributed by atoms with Crippen LogP contribution >= 0.6 is 0 Å². The van der Waals surface area contributed by atoms with Crippen molar-refractivity contribution in [2.45, 2.75) is 13.5 Å². The van der Waals surface area contributed by atoms with Gasteiger partial charge < -0.3 is 9.72 Å². The van der Waals surface area contributed by atoms with Crippen LogP contribution in [0.5, 0.6) is 0 Å². The summed E-state index contributed by atoms with van der Waals surface area (Å²) in [6, 6.07) is 3.10. The Morgan fingerprint density at radius 3 is 2.94 bits per heavy atom. The largest absolute Gasteiger partial charge is 0.378 e. The van der Waals surface area contributed by atoms with E-state index in [1.54, 1.807) is 26.3 Å². The fourth-order valence-electron chi connectivity index (χ4n) is 1.44. The van der Waals surface area contributed by atoms with Gasteiger partial charge in [-0.3, -0.25) is 4.79 Å². The lowest BCUT2D eigenvalue weighted by Gasteiger charge is -2.03. The molecule has 2 rings (SSSR count). The first-order valence-corrected chi connectivity index (χ1v) is 5.08. The molecule has 17 heavy (non-hydrogen) atoms. The molecule has 2 aromatic rings. The Bertz CT molecular complexity index is 580. The number of nitrogens with one attached hydrogen (secondary N) is 1. The Morgan fingerprint density at radius 2 is 2.24 bits per heavy atom. The lowest BCUT2D eigenvalue weighted by molar-refractivity contribution is 0.181. The maximum absolute atomic E-state index is 11.4. The highest BCUT2D eigenvalue weighted by molar-refractivity contribution is 5.47. The average Bonchev–Trinajstić information content (AvgIpc) is 2.28. The number of aromatic nitrogens is 4. The molecule has 0 saturated heterocycles. The molecule has 6 heteroatoms. The first kappa shape index (κ1) is 11.4. The number of aromatic amines is 1. The minimum Gasteiger partial charge on any atom is -0.378 e. The van der Waals surface area contributed by atoms with Crippen LogP contribution in [0.3, 0.4) is 0 Å². The highest BCUT2D eigenvalue weighted by atomic mass is 16.5. The fraction of sp³-hybridized carbons (Fsp3) is 0.273. The number of hydrogen-bond acceptors (Lipinski definition) is 5. The Kier molecular flexibility index (Phi) is 3.24. The molecule has 1 N–H and O–H groups in total. The molecule has 0 aliphatic rings. The number of ether oxygens (including phenoxy) is 1. The van der Waals surface area contributed by atoms with Crippen molar-refractivity contribution in [2.75, 3.05) is 7.11 Å². The number of hydrogen-bond donors (Lipinski definition) is 1. The number of methoxy groups -OCH3 is 1. The Balaban J connectivity index is 2.48. The minimum atomic E-state index is -0.224.